The maximum absolute atomic E-state index is 12.8. The van der Waals surface area contributed by atoms with Crippen molar-refractivity contribution < 1.29 is 18.8 Å². The van der Waals surface area contributed by atoms with Crippen LogP contribution in [-0.2, 0) is 20.9 Å². The van der Waals surface area contributed by atoms with Crippen molar-refractivity contribution in [2.24, 2.45) is 0 Å². The number of nitrogens with zero attached hydrogens (tertiary/aromatic N) is 3. The summed E-state index contributed by atoms with van der Waals surface area (Å²) < 4.78 is 6.53. The number of aromatic nitrogens is 1. The molecule has 1 aliphatic heterocycles. The van der Waals surface area contributed by atoms with Crippen LogP contribution in [0.3, 0.4) is 0 Å². The third-order valence-corrected chi connectivity index (χ3v) is 5.11. The van der Waals surface area contributed by atoms with Crippen LogP contribution in [0.4, 0.5) is 0 Å². The second kappa shape index (κ2) is 8.05. The van der Waals surface area contributed by atoms with E-state index >= 15 is 0 Å². The number of halogens is 1. The van der Waals surface area contributed by atoms with E-state index in [0.717, 1.165) is 0 Å². The summed E-state index contributed by atoms with van der Waals surface area (Å²) in [6, 6.07) is 4.08. The van der Waals surface area contributed by atoms with Gasteiger partial charge >= 0.3 is 5.76 Å². The van der Waals surface area contributed by atoms with Gasteiger partial charge in [0.2, 0.25) is 17.7 Å². The summed E-state index contributed by atoms with van der Waals surface area (Å²) in [5.74, 6) is -1.32. The highest BCUT2D eigenvalue weighted by atomic mass is 35.5. The Morgan fingerprint density at radius 3 is 2.71 bits per heavy atom. The summed E-state index contributed by atoms with van der Waals surface area (Å²) in [4.78, 5) is 51.7. The zero-order valence-electron chi connectivity index (χ0n) is 15.6. The number of benzene rings is 1. The van der Waals surface area contributed by atoms with Crippen molar-refractivity contribution in [3.63, 3.8) is 0 Å². The number of aryl methyl sites for hydroxylation is 1. The van der Waals surface area contributed by atoms with Gasteiger partial charge in [0, 0.05) is 51.1 Å². The van der Waals surface area contributed by atoms with Crippen LogP contribution in [0.5, 0.6) is 0 Å². The van der Waals surface area contributed by atoms with Crippen LogP contribution >= 0.6 is 11.6 Å². The topological polar surface area (TPSA) is 105 Å². The van der Waals surface area contributed by atoms with Crippen molar-refractivity contribution in [3.8, 4) is 0 Å². The summed E-state index contributed by atoms with van der Waals surface area (Å²) >= 11 is 5.90. The Morgan fingerprint density at radius 1 is 1.29 bits per heavy atom. The number of carbonyl (C=O) groups excluding carboxylic acids is 3. The summed E-state index contributed by atoms with van der Waals surface area (Å²) in [6.45, 7) is 2.31. The number of rotatable bonds is 4. The monoisotopic (exact) mass is 408 g/mol. The number of likely N-dealkylation sites (N-methyl/N-ethyl adjacent to an activating group) is 1. The van der Waals surface area contributed by atoms with E-state index in [1.165, 1.54) is 23.4 Å². The number of hydrogen-bond donors (Lipinski definition) is 1. The van der Waals surface area contributed by atoms with E-state index in [1.54, 1.807) is 23.1 Å². The fourth-order valence-corrected chi connectivity index (χ4v) is 3.52. The molecule has 1 aliphatic rings. The molecular weight excluding hydrogens is 388 g/mol. The van der Waals surface area contributed by atoms with Crippen molar-refractivity contribution >= 4 is 40.4 Å². The molecule has 1 saturated heterocycles. The molecule has 1 aromatic heterocycles. The van der Waals surface area contributed by atoms with Crippen LogP contribution in [0.1, 0.15) is 13.3 Å². The van der Waals surface area contributed by atoms with Gasteiger partial charge in [-0.3, -0.25) is 19.0 Å². The number of piperazine rings is 1. The molecule has 150 valence electrons. The molecule has 3 amide bonds. The average Bonchev–Trinajstić information content (AvgIpc) is 2.98. The van der Waals surface area contributed by atoms with Crippen molar-refractivity contribution in [1.29, 1.82) is 0 Å². The molecular formula is C18H21ClN4O5. The molecule has 1 atom stereocenters. The normalized spacial score (nSPS) is 17.0. The summed E-state index contributed by atoms with van der Waals surface area (Å²) in [6.07, 6.45) is 0.0186. The predicted octanol–water partition coefficient (Wildman–Crippen LogP) is 0.443. The van der Waals surface area contributed by atoms with E-state index in [0.29, 0.717) is 22.7 Å². The Bertz CT molecular complexity index is 982. The van der Waals surface area contributed by atoms with Gasteiger partial charge in [-0.15, -0.1) is 0 Å². The van der Waals surface area contributed by atoms with E-state index in [4.69, 9.17) is 16.0 Å². The minimum Gasteiger partial charge on any atom is -0.408 e. The maximum Gasteiger partial charge on any atom is 0.419 e. The van der Waals surface area contributed by atoms with E-state index < -0.39 is 11.8 Å². The number of oxazole rings is 1. The van der Waals surface area contributed by atoms with Gasteiger partial charge in [-0.2, -0.15) is 0 Å². The highest BCUT2D eigenvalue weighted by molar-refractivity contribution is 6.31. The Morgan fingerprint density at radius 2 is 2.04 bits per heavy atom. The van der Waals surface area contributed by atoms with Crippen LogP contribution in [0.15, 0.2) is 27.4 Å². The van der Waals surface area contributed by atoms with Gasteiger partial charge in [0.25, 0.3) is 0 Å². The molecule has 0 spiro atoms. The average molecular weight is 409 g/mol. The smallest absolute Gasteiger partial charge is 0.408 e. The first kappa shape index (κ1) is 19.9. The Kier molecular flexibility index (Phi) is 5.73. The second-order valence-corrected chi connectivity index (χ2v) is 7.00. The fraction of sp³-hybridized carbons (Fsp3) is 0.444. The minimum atomic E-state index is -0.758. The summed E-state index contributed by atoms with van der Waals surface area (Å²) in [5.41, 5.74) is 0.898. The molecule has 1 N–H and O–H groups in total. The highest BCUT2D eigenvalue weighted by Gasteiger charge is 2.35. The third-order valence-electron chi connectivity index (χ3n) is 4.87. The molecule has 0 radical (unpaired) electrons. The zero-order valence-corrected chi connectivity index (χ0v) is 16.4. The number of carbonyl (C=O) groups is 3. The van der Waals surface area contributed by atoms with Crippen LogP contribution in [-0.4, -0.2) is 64.8 Å². The van der Waals surface area contributed by atoms with E-state index in [2.05, 4.69) is 5.32 Å². The van der Waals surface area contributed by atoms with Crippen LogP contribution in [0, 0.1) is 0 Å². The molecule has 10 heteroatoms. The Hall–Kier alpha value is -2.81. The molecule has 2 aromatic rings. The molecule has 0 saturated carbocycles. The SMILES string of the molecule is CNC(=O)C1CN(C(C)=O)CCN1C(=O)CCn1c(=O)oc2cc(Cl)ccc21. The first-order chi connectivity index (χ1) is 13.3. The highest BCUT2D eigenvalue weighted by Crippen LogP contribution is 2.19. The Labute approximate surface area is 165 Å². The van der Waals surface area contributed by atoms with Gasteiger partial charge in [-0.05, 0) is 12.1 Å². The third kappa shape index (κ3) is 3.89. The standard InChI is InChI=1S/C18H21ClN4O5/c1-11(24)21-7-8-22(14(10-21)17(26)20-2)16(25)5-6-23-13-4-3-12(19)9-15(13)28-18(23)27/h3-4,9,14H,5-8,10H2,1-2H3,(H,20,26). The number of amides is 3. The molecule has 9 nitrogen and oxygen atoms in total. The lowest BCUT2D eigenvalue weighted by atomic mass is 10.1. The maximum atomic E-state index is 12.8. The van der Waals surface area contributed by atoms with Crippen molar-refractivity contribution in [2.45, 2.75) is 25.9 Å². The summed E-state index contributed by atoms with van der Waals surface area (Å²) in [7, 11) is 1.49. The van der Waals surface area contributed by atoms with Crippen LogP contribution in [0.2, 0.25) is 5.02 Å². The van der Waals surface area contributed by atoms with Crippen molar-refractivity contribution in [2.75, 3.05) is 26.7 Å². The lowest BCUT2D eigenvalue weighted by molar-refractivity contribution is -0.147. The van der Waals surface area contributed by atoms with Gasteiger partial charge in [-0.25, -0.2) is 4.79 Å². The first-order valence-corrected chi connectivity index (χ1v) is 9.25. The lowest BCUT2D eigenvalue weighted by Crippen LogP contribution is -2.61. The van der Waals surface area contributed by atoms with Gasteiger partial charge in [0.15, 0.2) is 5.58 Å². The molecule has 2 heterocycles. The van der Waals surface area contributed by atoms with E-state index in [9.17, 15) is 19.2 Å². The number of fused-ring (bicyclic) bond motifs is 1. The molecule has 0 bridgehead atoms. The molecule has 3 rings (SSSR count). The van der Waals surface area contributed by atoms with Gasteiger partial charge in [0.1, 0.15) is 6.04 Å². The van der Waals surface area contributed by atoms with Crippen LogP contribution in [0.25, 0.3) is 11.1 Å². The first-order valence-electron chi connectivity index (χ1n) is 8.87. The molecule has 1 fully saturated rings. The minimum absolute atomic E-state index is 0.0186. The molecule has 28 heavy (non-hydrogen) atoms. The van der Waals surface area contributed by atoms with Gasteiger partial charge in [0.05, 0.1) is 12.1 Å². The van der Waals surface area contributed by atoms with Crippen LogP contribution < -0.4 is 11.1 Å². The van der Waals surface area contributed by atoms with Crippen molar-refractivity contribution in [3.05, 3.63) is 33.8 Å². The molecule has 1 unspecified atom stereocenters. The molecule has 1 aromatic carbocycles. The lowest BCUT2D eigenvalue weighted by Gasteiger charge is -2.40. The summed E-state index contributed by atoms with van der Waals surface area (Å²) in [5, 5.41) is 2.98. The fourth-order valence-electron chi connectivity index (χ4n) is 3.36. The largest absolute Gasteiger partial charge is 0.419 e. The molecule has 0 aliphatic carbocycles. The quantitative estimate of drug-likeness (QED) is 0.790. The van der Waals surface area contributed by atoms with E-state index in [-0.39, 0.29) is 43.8 Å². The second-order valence-electron chi connectivity index (χ2n) is 6.56. The number of hydrogen-bond acceptors (Lipinski definition) is 5. The number of nitrogens with one attached hydrogen (secondary N) is 1. The van der Waals surface area contributed by atoms with Crippen molar-refractivity contribution in [1.82, 2.24) is 19.7 Å². The van der Waals surface area contributed by atoms with E-state index in [1.807, 2.05) is 0 Å². The van der Waals surface area contributed by atoms with Gasteiger partial charge in [-0.1, -0.05) is 11.6 Å². The zero-order chi connectivity index (χ0) is 20.4. The predicted molar refractivity (Wildman–Crippen MR) is 102 cm³/mol. The van der Waals surface area contributed by atoms with Gasteiger partial charge < -0.3 is 19.5 Å². The Balaban J connectivity index is 1.75.